The van der Waals surface area contributed by atoms with Gasteiger partial charge in [-0.1, -0.05) is 42.5 Å². The molecular weight excluding hydrogens is 344 g/mol. The van der Waals surface area contributed by atoms with E-state index in [4.69, 9.17) is 0 Å². The summed E-state index contributed by atoms with van der Waals surface area (Å²) in [7, 11) is 4.21. The first-order valence-electron chi connectivity index (χ1n) is 10.2. The first-order chi connectivity index (χ1) is 13.7. The van der Waals surface area contributed by atoms with E-state index < -0.39 is 0 Å². The molecule has 3 nitrogen and oxygen atoms in total. The fourth-order valence-electron chi connectivity index (χ4n) is 4.21. The number of allylic oxidation sites excluding steroid dienone is 2. The van der Waals surface area contributed by atoms with Crippen molar-refractivity contribution in [2.75, 3.05) is 20.6 Å². The highest BCUT2D eigenvalue weighted by Gasteiger charge is 2.24. The van der Waals surface area contributed by atoms with E-state index in [1.807, 2.05) is 41.0 Å². The molecular formula is C25H28N2O. The molecule has 0 spiro atoms. The molecule has 3 heteroatoms. The zero-order valence-electron chi connectivity index (χ0n) is 16.8. The summed E-state index contributed by atoms with van der Waals surface area (Å²) < 4.78 is 1.98. The van der Waals surface area contributed by atoms with Gasteiger partial charge in [0.25, 0.3) is 5.91 Å². The average Bonchev–Trinajstić information content (AvgIpc) is 3.07. The van der Waals surface area contributed by atoms with Gasteiger partial charge in [0, 0.05) is 17.5 Å². The van der Waals surface area contributed by atoms with Crippen LogP contribution in [-0.4, -0.2) is 36.0 Å². The minimum Gasteiger partial charge on any atom is -0.309 e. The number of fused-ring (bicyclic) bond motifs is 1. The Labute approximate surface area is 167 Å². The van der Waals surface area contributed by atoms with Crippen molar-refractivity contribution in [3.63, 3.8) is 0 Å². The van der Waals surface area contributed by atoms with Gasteiger partial charge in [-0.2, -0.15) is 0 Å². The summed E-state index contributed by atoms with van der Waals surface area (Å²) in [6.07, 6.45) is 7.88. The van der Waals surface area contributed by atoms with Gasteiger partial charge in [-0.05, 0) is 75.5 Å². The van der Waals surface area contributed by atoms with Crippen LogP contribution >= 0.6 is 0 Å². The normalized spacial score (nSPS) is 14.5. The molecule has 0 fully saturated rings. The maximum absolute atomic E-state index is 13.6. The van der Waals surface area contributed by atoms with Crippen molar-refractivity contribution < 1.29 is 4.79 Å². The third-order valence-electron chi connectivity index (χ3n) is 5.61. The van der Waals surface area contributed by atoms with Gasteiger partial charge in [0.1, 0.15) is 0 Å². The summed E-state index contributed by atoms with van der Waals surface area (Å²) in [5.74, 6) is 0.0642. The predicted molar refractivity (Wildman–Crippen MR) is 117 cm³/mol. The number of para-hydroxylation sites is 1. The van der Waals surface area contributed by atoms with E-state index in [9.17, 15) is 4.79 Å². The second-order valence-corrected chi connectivity index (χ2v) is 7.88. The van der Waals surface area contributed by atoms with Crippen LogP contribution < -0.4 is 0 Å². The zero-order chi connectivity index (χ0) is 19.5. The molecule has 0 amide bonds. The number of rotatable bonds is 5. The maximum Gasteiger partial charge on any atom is 0.262 e. The van der Waals surface area contributed by atoms with Crippen LogP contribution in [0.25, 0.3) is 16.5 Å². The van der Waals surface area contributed by atoms with Crippen LogP contribution in [0.4, 0.5) is 0 Å². The van der Waals surface area contributed by atoms with E-state index in [2.05, 4.69) is 43.3 Å². The molecule has 0 saturated heterocycles. The monoisotopic (exact) mass is 372 g/mol. The SMILES string of the molecule is CN(C)CCc1c(C2=CCCCC2)n(C(=O)c2ccccc2)c2ccccc12. The molecule has 1 aliphatic rings. The van der Waals surface area contributed by atoms with Crippen LogP contribution in [-0.2, 0) is 6.42 Å². The van der Waals surface area contributed by atoms with Gasteiger partial charge in [-0.25, -0.2) is 0 Å². The molecule has 0 bridgehead atoms. The van der Waals surface area contributed by atoms with E-state index in [1.165, 1.54) is 29.4 Å². The fraction of sp³-hybridized carbons (Fsp3) is 0.320. The van der Waals surface area contributed by atoms with Gasteiger partial charge in [-0.3, -0.25) is 9.36 Å². The van der Waals surface area contributed by atoms with Crippen LogP contribution in [0, 0.1) is 0 Å². The highest BCUT2D eigenvalue weighted by atomic mass is 16.2. The lowest BCUT2D eigenvalue weighted by molar-refractivity contribution is 0.0964. The van der Waals surface area contributed by atoms with Gasteiger partial charge in [-0.15, -0.1) is 0 Å². The van der Waals surface area contributed by atoms with Crippen LogP contribution in [0.3, 0.4) is 0 Å². The molecule has 0 unspecified atom stereocenters. The van der Waals surface area contributed by atoms with E-state index in [-0.39, 0.29) is 5.91 Å². The Bertz CT molecular complexity index is 1010. The van der Waals surface area contributed by atoms with Gasteiger partial charge in [0.2, 0.25) is 0 Å². The molecule has 0 saturated carbocycles. The Morgan fingerprint density at radius 3 is 2.46 bits per heavy atom. The Morgan fingerprint density at radius 2 is 1.75 bits per heavy atom. The maximum atomic E-state index is 13.6. The molecule has 0 radical (unpaired) electrons. The number of carbonyl (C=O) groups is 1. The lowest BCUT2D eigenvalue weighted by atomic mass is 9.93. The highest BCUT2D eigenvalue weighted by Crippen LogP contribution is 2.36. The number of nitrogens with zero attached hydrogens (tertiary/aromatic N) is 2. The molecule has 28 heavy (non-hydrogen) atoms. The first-order valence-corrected chi connectivity index (χ1v) is 10.2. The molecule has 1 aliphatic carbocycles. The summed E-state index contributed by atoms with van der Waals surface area (Å²) in [6, 6.07) is 18.0. The Hall–Kier alpha value is -2.65. The second kappa shape index (κ2) is 8.15. The molecule has 4 rings (SSSR count). The van der Waals surface area contributed by atoms with E-state index in [0.717, 1.165) is 42.6 Å². The quantitative estimate of drug-likeness (QED) is 0.600. The van der Waals surface area contributed by atoms with Crippen molar-refractivity contribution in [2.24, 2.45) is 0 Å². The number of hydrogen-bond acceptors (Lipinski definition) is 2. The largest absolute Gasteiger partial charge is 0.309 e. The second-order valence-electron chi connectivity index (χ2n) is 7.88. The lowest BCUT2D eigenvalue weighted by Gasteiger charge is -2.18. The lowest BCUT2D eigenvalue weighted by Crippen LogP contribution is -2.18. The van der Waals surface area contributed by atoms with Crippen LogP contribution in [0.2, 0.25) is 0 Å². The fourth-order valence-corrected chi connectivity index (χ4v) is 4.21. The third-order valence-corrected chi connectivity index (χ3v) is 5.61. The third kappa shape index (κ3) is 3.55. The summed E-state index contributed by atoms with van der Waals surface area (Å²) in [5, 5.41) is 1.20. The van der Waals surface area contributed by atoms with Gasteiger partial charge in [0.15, 0.2) is 0 Å². The van der Waals surface area contributed by atoms with Crippen molar-refractivity contribution in [3.05, 3.63) is 77.5 Å². The van der Waals surface area contributed by atoms with Crippen molar-refractivity contribution in [1.29, 1.82) is 0 Å². The van der Waals surface area contributed by atoms with Gasteiger partial charge >= 0.3 is 0 Å². The first kappa shape index (κ1) is 18.7. The molecule has 0 aliphatic heterocycles. The number of hydrogen-bond donors (Lipinski definition) is 0. The Morgan fingerprint density at radius 1 is 1.00 bits per heavy atom. The van der Waals surface area contributed by atoms with Crippen molar-refractivity contribution >= 4 is 22.4 Å². The Balaban J connectivity index is 1.96. The molecule has 0 N–H and O–H groups in total. The van der Waals surface area contributed by atoms with E-state index in [0.29, 0.717) is 0 Å². The smallest absolute Gasteiger partial charge is 0.262 e. The molecule has 2 aromatic carbocycles. The Kier molecular flexibility index (Phi) is 5.45. The summed E-state index contributed by atoms with van der Waals surface area (Å²) >= 11 is 0. The molecule has 1 heterocycles. The average molecular weight is 373 g/mol. The van der Waals surface area contributed by atoms with Crippen LogP contribution in [0.15, 0.2) is 60.7 Å². The predicted octanol–water partition coefficient (Wildman–Crippen LogP) is 5.39. The van der Waals surface area contributed by atoms with E-state index in [1.54, 1.807) is 0 Å². The summed E-state index contributed by atoms with van der Waals surface area (Å²) in [6.45, 7) is 0.966. The van der Waals surface area contributed by atoms with E-state index >= 15 is 0 Å². The topological polar surface area (TPSA) is 25.2 Å². The number of benzene rings is 2. The minimum absolute atomic E-state index is 0.0642. The number of likely N-dealkylation sites (N-methyl/N-ethyl adjacent to an activating group) is 1. The number of carbonyl (C=O) groups excluding carboxylic acids is 1. The van der Waals surface area contributed by atoms with Crippen molar-refractivity contribution in [1.82, 2.24) is 9.47 Å². The van der Waals surface area contributed by atoms with Gasteiger partial charge in [0.05, 0.1) is 11.2 Å². The molecule has 1 aromatic heterocycles. The molecule has 0 atom stereocenters. The van der Waals surface area contributed by atoms with Crippen LogP contribution in [0.5, 0.6) is 0 Å². The number of aromatic nitrogens is 1. The van der Waals surface area contributed by atoms with Crippen LogP contribution in [0.1, 0.15) is 47.3 Å². The summed E-state index contributed by atoms with van der Waals surface area (Å²) in [4.78, 5) is 15.8. The van der Waals surface area contributed by atoms with Crippen molar-refractivity contribution in [2.45, 2.75) is 32.1 Å². The van der Waals surface area contributed by atoms with Gasteiger partial charge < -0.3 is 4.90 Å². The van der Waals surface area contributed by atoms with Crippen molar-refractivity contribution in [3.8, 4) is 0 Å². The highest BCUT2D eigenvalue weighted by molar-refractivity contribution is 6.06. The zero-order valence-corrected chi connectivity index (χ0v) is 16.8. The molecule has 3 aromatic rings. The standard InChI is InChI=1S/C25H28N2O/c1-26(2)18-17-22-21-15-9-10-16-23(21)27(24(22)19-11-5-3-6-12-19)25(28)20-13-7-4-8-14-20/h4,7-11,13-16H,3,5-6,12,17-18H2,1-2H3. The minimum atomic E-state index is 0.0642. The molecule has 144 valence electrons. The summed E-state index contributed by atoms with van der Waals surface area (Å²) in [5.41, 5.74) is 5.53.